The van der Waals surface area contributed by atoms with Crippen molar-refractivity contribution in [1.82, 2.24) is 4.90 Å². The van der Waals surface area contributed by atoms with Crippen LogP contribution in [0.25, 0.3) is 0 Å². The molecule has 1 atom stereocenters. The highest BCUT2D eigenvalue weighted by atomic mass is 32.2. The molecule has 1 saturated heterocycles. The van der Waals surface area contributed by atoms with E-state index in [0.717, 1.165) is 26.2 Å². The number of aliphatic hydroxyl groups excluding tert-OH is 1. The number of hydrogen-bond donors (Lipinski definition) is 1. The number of rotatable bonds is 6. The average molecular weight is 219 g/mol. The zero-order chi connectivity index (χ0) is 10.2. The molecule has 0 saturated carbocycles. The van der Waals surface area contributed by atoms with Gasteiger partial charge in [0.2, 0.25) is 0 Å². The first-order chi connectivity index (χ1) is 6.86. The highest BCUT2D eigenvalue weighted by Gasteiger charge is 2.18. The molecule has 4 heteroatoms. The van der Waals surface area contributed by atoms with Crippen molar-refractivity contribution in [2.75, 3.05) is 44.4 Å². The quantitative estimate of drug-likeness (QED) is 0.671. The Labute approximate surface area is 90.8 Å². The summed E-state index contributed by atoms with van der Waals surface area (Å²) in [5.41, 5.74) is 0. The van der Waals surface area contributed by atoms with Crippen molar-refractivity contribution in [2.45, 2.75) is 19.4 Å². The van der Waals surface area contributed by atoms with Gasteiger partial charge in [0.1, 0.15) is 0 Å². The summed E-state index contributed by atoms with van der Waals surface area (Å²) >= 11 is 2.00. The van der Waals surface area contributed by atoms with Crippen molar-refractivity contribution in [3.63, 3.8) is 0 Å². The largest absolute Gasteiger partial charge is 0.394 e. The first-order valence-electron chi connectivity index (χ1n) is 5.39. The van der Waals surface area contributed by atoms with Gasteiger partial charge in [0, 0.05) is 13.1 Å². The summed E-state index contributed by atoms with van der Waals surface area (Å²) in [5, 5.41) is 8.96. The van der Waals surface area contributed by atoms with Crippen LogP contribution in [-0.2, 0) is 4.74 Å². The van der Waals surface area contributed by atoms with E-state index >= 15 is 0 Å². The second-order valence-electron chi connectivity index (χ2n) is 3.53. The maximum atomic E-state index is 8.96. The number of ether oxygens (including phenoxy) is 1. The van der Waals surface area contributed by atoms with Crippen molar-refractivity contribution < 1.29 is 9.84 Å². The van der Waals surface area contributed by atoms with Crippen LogP contribution in [0.4, 0.5) is 0 Å². The van der Waals surface area contributed by atoms with Gasteiger partial charge in [-0.2, -0.15) is 11.8 Å². The molecule has 0 bridgehead atoms. The Hall–Kier alpha value is 0.230. The van der Waals surface area contributed by atoms with E-state index in [0.29, 0.717) is 0 Å². The van der Waals surface area contributed by atoms with Gasteiger partial charge in [-0.05, 0) is 24.5 Å². The lowest BCUT2D eigenvalue weighted by molar-refractivity contribution is -0.0524. The lowest BCUT2D eigenvalue weighted by Crippen LogP contribution is -2.44. The Morgan fingerprint density at radius 1 is 1.57 bits per heavy atom. The normalized spacial score (nSPS) is 24.0. The zero-order valence-electron chi connectivity index (χ0n) is 8.95. The van der Waals surface area contributed by atoms with Gasteiger partial charge in [-0.3, -0.25) is 4.90 Å². The second kappa shape index (κ2) is 7.51. The van der Waals surface area contributed by atoms with E-state index in [4.69, 9.17) is 9.84 Å². The molecular weight excluding hydrogens is 198 g/mol. The number of nitrogens with zero attached hydrogens (tertiary/aromatic N) is 1. The molecule has 1 rings (SSSR count). The summed E-state index contributed by atoms with van der Waals surface area (Å²) in [4.78, 5) is 2.39. The van der Waals surface area contributed by atoms with E-state index in [2.05, 4.69) is 11.8 Å². The maximum absolute atomic E-state index is 8.96. The standard InChI is InChI=1S/C10H21NO2S/c1-2-14-7-3-4-11-5-6-13-10(8-11)9-12/h10,12H,2-9H2,1H3. The molecule has 3 nitrogen and oxygen atoms in total. The topological polar surface area (TPSA) is 32.7 Å². The third-order valence-corrected chi connectivity index (χ3v) is 3.38. The fourth-order valence-corrected chi connectivity index (χ4v) is 2.25. The van der Waals surface area contributed by atoms with Gasteiger partial charge in [0.05, 0.1) is 19.3 Å². The van der Waals surface area contributed by atoms with E-state index in [1.165, 1.54) is 17.9 Å². The van der Waals surface area contributed by atoms with Crippen molar-refractivity contribution in [3.05, 3.63) is 0 Å². The van der Waals surface area contributed by atoms with Gasteiger partial charge in [0.15, 0.2) is 0 Å². The van der Waals surface area contributed by atoms with Crippen molar-refractivity contribution >= 4 is 11.8 Å². The fourth-order valence-electron chi connectivity index (χ4n) is 1.63. The van der Waals surface area contributed by atoms with Crippen LogP contribution in [0.3, 0.4) is 0 Å². The number of aliphatic hydroxyl groups is 1. The lowest BCUT2D eigenvalue weighted by atomic mass is 10.2. The molecule has 1 N–H and O–H groups in total. The number of morpholine rings is 1. The molecule has 0 radical (unpaired) electrons. The zero-order valence-corrected chi connectivity index (χ0v) is 9.76. The van der Waals surface area contributed by atoms with E-state index in [-0.39, 0.29) is 12.7 Å². The van der Waals surface area contributed by atoms with Crippen LogP contribution in [0.15, 0.2) is 0 Å². The predicted molar refractivity (Wildman–Crippen MR) is 60.9 cm³/mol. The Bertz CT molecular complexity index is 146. The summed E-state index contributed by atoms with van der Waals surface area (Å²) in [5.74, 6) is 2.46. The Kier molecular flexibility index (Phi) is 6.60. The van der Waals surface area contributed by atoms with Crippen molar-refractivity contribution in [1.29, 1.82) is 0 Å². The molecule has 0 aromatic heterocycles. The smallest absolute Gasteiger partial charge is 0.0932 e. The maximum Gasteiger partial charge on any atom is 0.0932 e. The van der Waals surface area contributed by atoms with Crippen LogP contribution in [0.5, 0.6) is 0 Å². The van der Waals surface area contributed by atoms with Crippen LogP contribution in [0.2, 0.25) is 0 Å². The molecule has 0 aliphatic carbocycles. The lowest BCUT2D eigenvalue weighted by Gasteiger charge is -2.31. The van der Waals surface area contributed by atoms with E-state index in [1.807, 2.05) is 11.8 Å². The molecule has 0 aromatic carbocycles. The first kappa shape index (κ1) is 12.3. The summed E-state index contributed by atoms with van der Waals surface area (Å²) in [6.45, 7) is 6.18. The minimum atomic E-state index is 0.0441. The summed E-state index contributed by atoms with van der Waals surface area (Å²) in [7, 11) is 0. The van der Waals surface area contributed by atoms with Gasteiger partial charge in [-0.1, -0.05) is 6.92 Å². The van der Waals surface area contributed by atoms with Gasteiger partial charge < -0.3 is 9.84 Å². The number of hydrogen-bond acceptors (Lipinski definition) is 4. The van der Waals surface area contributed by atoms with Crippen molar-refractivity contribution in [3.8, 4) is 0 Å². The minimum absolute atomic E-state index is 0.0441. The Morgan fingerprint density at radius 3 is 3.14 bits per heavy atom. The third kappa shape index (κ3) is 4.64. The van der Waals surface area contributed by atoms with Gasteiger partial charge in [-0.25, -0.2) is 0 Å². The van der Waals surface area contributed by atoms with Gasteiger partial charge in [-0.15, -0.1) is 0 Å². The Balaban J connectivity index is 2.05. The first-order valence-corrected chi connectivity index (χ1v) is 6.54. The van der Waals surface area contributed by atoms with Crippen LogP contribution in [-0.4, -0.2) is 60.5 Å². The molecule has 0 aromatic rings. The Morgan fingerprint density at radius 2 is 2.43 bits per heavy atom. The van der Waals surface area contributed by atoms with Gasteiger partial charge in [0.25, 0.3) is 0 Å². The van der Waals surface area contributed by atoms with Crippen molar-refractivity contribution in [2.24, 2.45) is 0 Å². The second-order valence-corrected chi connectivity index (χ2v) is 4.92. The van der Waals surface area contributed by atoms with Crippen LogP contribution in [0, 0.1) is 0 Å². The summed E-state index contributed by atoms with van der Waals surface area (Å²) in [6, 6.07) is 0. The molecule has 0 amide bonds. The highest BCUT2D eigenvalue weighted by Crippen LogP contribution is 2.07. The highest BCUT2D eigenvalue weighted by molar-refractivity contribution is 7.99. The summed E-state index contributed by atoms with van der Waals surface area (Å²) < 4.78 is 5.39. The van der Waals surface area contributed by atoms with Crippen LogP contribution in [0.1, 0.15) is 13.3 Å². The molecular formula is C10H21NO2S. The van der Waals surface area contributed by atoms with Gasteiger partial charge >= 0.3 is 0 Å². The molecule has 14 heavy (non-hydrogen) atoms. The molecule has 1 heterocycles. The van der Waals surface area contributed by atoms with E-state index < -0.39 is 0 Å². The van der Waals surface area contributed by atoms with E-state index in [9.17, 15) is 0 Å². The predicted octanol–water partition coefficient (Wildman–Crippen LogP) is 0.823. The minimum Gasteiger partial charge on any atom is -0.394 e. The molecule has 1 aliphatic rings. The molecule has 1 aliphatic heterocycles. The molecule has 84 valence electrons. The van der Waals surface area contributed by atoms with Crippen LogP contribution >= 0.6 is 11.8 Å². The fraction of sp³-hybridized carbons (Fsp3) is 1.00. The molecule has 1 fully saturated rings. The molecule has 1 unspecified atom stereocenters. The third-order valence-electron chi connectivity index (χ3n) is 2.39. The van der Waals surface area contributed by atoms with Crippen LogP contribution < -0.4 is 0 Å². The molecule has 0 spiro atoms. The SMILES string of the molecule is CCSCCCN1CCOC(CO)C1. The number of thioether (sulfide) groups is 1. The van der Waals surface area contributed by atoms with E-state index in [1.54, 1.807) is 0 Å². The summed E-state index contributed by atoms with van der Waals surface area (Å²) in [6.07, 6.45) is 1.29. The monoisotopic (exact) mass is 219 g/mol. The average Bonchev–Trinajstić information content (AvgIpc) is 2.25.